The average molecular weight is 337 g/mol. The van der Waals surface area contributed by atoms with E-state index in [-0.39, 0.29) is 23.8 Å². The monoisotopic (exact) mass is 337 g/mol. The Morgan fingerprint density at radius 1 is 1.04 bits per heavy atom. The van der Waals surface area contributed by atoms with Crippen LogP contribution in [-0.2, 0) is 20.4 Å². The molecule has 4 nitrogen and oxygen atoms in total. The standard InChI is InChI=1S/C18H27NO3S/c1-14-11-15(2)17(16(3)12-14)13-23(21,22)10-7-18(20)19-8-5-4-6-9-19/h11-12H,4-10,13H2,1-3H3. The molecule has 1 aliphatic heterocycles. The zero-order valence-corrected chi connectivity index (χ0v) is 15.2. The van der Waals surface area contributed by atoms with Crippen molar-refractivity contribution in [3.63, 3.8) is 0 Å². The summed E-state index contributed by atoms with van der Waals surface area (Å²) < 4.78 is 24.8. The minimum Gasteiger partial charge on any atom is -0.343 e. The number of carbonyl (C=O) groups is 1. The van der Waals surface area contributed by atoms with E-state index in [1.54, 1.807) is 4.90 Å². The molecule has 5 heteroatoms. The number of nitrogens with zero attached hydrogens (tertiary/aromatic N) is 1. The summed E-state index contributed by atoms with van der Waals surface area (Å²) in [6.45, 7) is 7.45. The number of aryl methyl sites for hydroxylation is 3. The van der Waals surface area contributed by atoms with Crippen molar-refractivity contribution in [2.45, 2.75) is 52.2 Å². The summed E-state index contributed by atoms with van der Waals surface area (Å²) in [5.74, 6) is -0.0570. The molecule has 0 aromatic heterocycles. The first kappa shape index (κ1) is 18.0. The van der Waals surface area contributed by atoms with Crippen LogP contribution in [0.1, 0.15) is 47.9 Å². The van der Waals surface area contributed by atoms with Crippen molar-refractivity contribution >= 4 is 15.7 Å². The molecule has 1 aromatic rings. The second-order valence-electron chi connectivity index (χ2n) is 6.66. The van der Waals surface area contributed by atoms with E-state index in [0.29, 0.717) is 0 Å². The van der Waals surface area contributed by atoms with Crippen LogP contribution in [0.2, 0.25) is 0 Å². The fourth-order valence-electron chi connectivity index (χ4n) is 3.27. The van der Waals surface area contributed by atoms with Gasteiger partial charge in [-0.1, -0.05) is 17.7 Å². The number of sulfone groups is 1. The molecule has 2 rings (SSSR count). The number of hydrogen-bond acceptors (Lipinski definition) is 3. The highest BCUT2D eigenvalue weighted by atomic mass is 32.2. The minimum atomic E-state index is -3.27. The summed E-state index contributed by atoms with van der Waals surface area (Å²) in [7, 11) is -3.27. The predicted molar refractivity (Wildman–Crippen MR) is 93.2 cm³/mol. The fourth-order valence-corrected chi connectivity index (χ4v) is 4.80. The highest BCUT2D eigenvalue weighted by Gasteiger charge is 2.21. The van der Waals surface area contributed by atoms with Crippen LogP contribution in [0, 0.1) is 20.8 Å². The van der Waals surface area contributed by atoms with Gasteiger partial charge in [0.15, 0.2) is 9.84 Å². The summed E-state index contributed by atoms with van der Waals surface area (Å²) in [5, 5.41) is 0. The minimum absolute atomic E-state index is 0.0226. The molecule has 0 N–H and O–H groups in total. The van der Waals surface area contributed by atoms with Gasteiger partial charge in [0.2, 0.25) is 5.91 Å². The first-order valence-electron chi connectivity index (χ1n) is 8.33. The molecule has 0 aliphatic carbocycles. The smallest absolute Gasteiger partial charge is 0.223 e. The molecule has 0 unspecified atom stereocenters. The second-order valence-corrected chi connectivity index (χ2v) is 8.84. The van der Waals surface area contributed by atoms with Crippen LogP contribution in [0.4, 0.5) is 0 Å². The number of piperidine rings is 1. The Bertz CT molecular complexity index is 651. The number of amides is 1. The third kappa shape index (κ3) is 5.06. The summed E-state index contributed by atoms with van der Waals surface area (Å²) in [5.41, 5.74) is 4.03. The largest absolute Gasteiger partial charge is 0.343 e. The lowest BCUT2D eigenvalue weighted by molar-refractivity contribution is -0.131. The van der Waals surface area contributed by atoms with E-state index >= 15 is 0 Å². The predicted octanol–water partition coefficient (Wildman–Crippen LogP) is 2.93. The Balaban J connectivity index is 1.98. The molecule has 1 amide bonds. The van der Waals surface area contributed by atoms with E-state index in [9.17, 15) is 13.2 Å². The van der Waals surface area contributed by atoms with E-state index in [1.807, 2.05) is 32.9 Å². The number of hydrogen-bond donors (Lipinski definition) is 0. The van der Waals surface area contributed by atoms with Gasteiger partial charge >= 0.3 is 0 Å². The van der Waals surface area contributed by atoms with Crippen LogP contribution in [0.5, 0.6) is 0 Å². The molecule has 0 radical (unpaired) electrons. The van der Waals surface area contributed by atoms with Gasteiger partial charge in [-0.25, -0.2) is 8.42 Å². The lowest BCUT2D eigenvalue weighted by Crippen LogP contribution is -2.36. The molecule has 1 aliphatic rings. The fraction of sp³-hybridized carbons (Fsp3) is 0.611. The van der Waals surface area contributed by atoms with Crippen molar-refractivity contribution in [1.29, 1.82) is 0 Å². The summed E-state index contributed by atoms with van der Waals surface area (Å²) in [6.07, 6.45) is 3.32. The first-order chi connectivity index (χ1) is 10.8. The first-order valence-corrected chi connectivity index (χ1v) is 10.2. The Morgan fingerprint density at radius 3 is 2.17 bits per heavy atom. The average Bonchev–Trinajstić information content (AvgIpc) is 2.49. The van der Waals surface area contributed by atoms with E-state index in [0.717, 1.165) is 54.6 Å². The second kappa shape index (κ2) is 7.47. The van der Waals surface area contributed by atoms with Gasteiger partial charge < -0.3 is 4.90 Å². The molecule has 23 heavy (non-hydrogen) atoms. The molecule has 1 heterocycles. The Morgan fingerprint density at radius 2 is 1.61 bits per heavy atom. The van der Waals surface area contributed by atoms with Crippen molar-refractivity contribution in [2.24, 2.45) is 0 Å². The van der Waals surface area contributed by atoms with E-state index in [2.05, 4.69) is 0 Å². The maximum absolute atomic E-state index is 12.4. The van der Waals surface area contributed by atoms with Crippen molar-refractivity contribution in [2.75, 3.05) is 18.8 Å². The van der Waals surface area contributed by atoms with Crippen LogP contribution >= 0.6 is 0 Å². The van der Waals surface area contributed by atoms with Crippen LogP contribution in [0.3, 0.4) is 0 Å². The van der Waals surface area contributed by atoms with Gasteiger partial charge in [-0.3, -0.25) is 4.79 Å². The van der Waals surface area contributed by atoms with Crippen molar-refractivity contribution in [1.82, 2.24) is 4.90 Å². The summed E-state index contributed by atoms with van der Waals surface area (Å²) >= 11 is 0. The van der Waals surface area contributed by atoms with Crippen LogP contribution in [0.25, 0.3) is 0 Å². The van der Waals surface area contributed by atoms with Crippen molar-refractivity contribution in [3.05, 3.63) is 34.4 Å². The Labute approximate surface area is 139 Å². The molecule has 1 aromatic carbocycles. The summed E-state index contributed by atoms with van der Waals surface area (Å²) in [4.78, 5) is 13.9. The lowest BCUT2D eigenvalue weighted by atomic mass is 10.0. The van der Waals surface area contributed by atoms with Gasteiger partial charge in [0, 0.05) is 19.5 Å². The molecule has 0 atom stereocenters. The topological polar surface area (TPSA) is 54.5 Å². The zero-order chi connectivity index (χ0) is 17.0. The van der Waals surface area contributed by atoms with Crippen LogP contribution in [-0.4, -0.2) is 38.1 Å². The SMILES string of the molecule is Cc1cc(C)c(CS(=O)(=O)CCC(=O)N2CCCCC2)c(C)c1. The van der Waals surface area contributed by atoms with E-state index in [4.69, 9.17) is 0 Å². The van der Waals surface area contributed by atoms with Gasteiger partial charge in [0.25, 0.3) is 0 Å². The molecule has 0 spiro atoms. The quantitative estimate of drug-likeness (QED) is 0.830. The van der Waals surface area contributed by atoms with Gasteiger partial charge in [0.1, 0.15) is 0 Å². The maximum Gasteiger partial charge on any atom is 0.223 e. The lowest BCUT2D eigenvalue weighted by Gasteiger charge is -2.26. The van der Waals surface area contributed by atoms with Gasteiger partial charge in [0.05, 0.1) is 11.5 Å². The number of carbonyl (C=O) groups excluding carboxylic acids is 1. The molecule has 1 fully saturated rings. The molecule has 1 saturated heterocycles. The molecular weight excluding hydrogens is 310 g/mol. The Hall–Kier alpha value is -1.36. The van der Waals surface area contributed by atoms with Crippen LogP contribution in [0.15, 0.2) is 12.1 Å². The third-order valence-corrected chi connectivity index (χ3v) is 6.09. The highest BCUT2D eigenvalue weighted by molar-refractivity contribution is 7.90. The van der Waals surface area contributed by atoms with Crippen molar-refractivity contribution in [3.8, 4) is 0 Å². The Kier molecular flexibility index (Phi) is 5.84. The van der Waals surface area contributed by atoms with Crippen LogP contribution < -0.4 is 0 Å². The van der Waals surface area contributed by atoms with Gasteiger partial charge in [-0.05, 0) is 56.7 Å². The molecular formula is C18H27NO3S. The van der Waals surface area contributed by atoms with E-state index < -0.39 is 9.84 Å². The highest BCUT2D eigenvalue weighted by Crippen LogP contribution is 2.20. The number of benzene rings is 1. The third-order valence-electron chi connectivity index (χ3n) is 4.54. The van der Waals surface area contributed by atoms with Gasteiger partial charge in [-0.15, -0.1) is 0 Å². The van der Waals surface area contributed by atoms with E-state index in [1.165, 1.54) is 0 Å². The van der Waals surface area contributed by atoms with Crippen molar-refractivity contribution < 1.29 is 13.2 Å². The normalized spacial score (nSPS) is 15.7. The summed E-state index contributed by atoms with van der Waals surface area (Å²) in [6, 6.07) is 4.02. The number of likely N-dealkylation sites (tertiary alicyclic amines) is 1. The molecule has 0 saturated carbocycles. The molecule has 0 bridgehead atoms. The molecule has 128 valence electrons. The maximum atomic E-state index is 12.4. The zero-order valence-electron chi connectivity index (χ0n) is 14.4. The number of rotatable bonds is 5. The van der Waals surface area contributed by atoms with Gasteiger partial charge in [-0.2, -0.15) is 0 Å².